The number of rotatable bonds is 5. The van der Waals surface area contributed by atoms with E-state index in [4.69, 9.17) is 4.42 Å². The van der Waals surface area contributed by atoms with Gasteiger partial charge in [-0.15, -0.1) is 0 Å². The minimum atomic E-state index is -0.0931. The molecule has 8 aromatic carbocycles. The number of benzene rings is 8. The van der Waals surface area contributed by atoms with Gasteiger partial charge in [0.25, 0.3) is 0 Å². The van der Waals surface area contributed by atoms with E-state index in [1.165, 1.54) is 72.4 Å². The second-order valence-electron chi connectivity index (χ2n) is 16.5. The third-order valence-corrected chi connectivity index (χ3v) is 12.7. The van der Waals surface area contributed by atoms with Crippen LogP contribution in [0.5, 0.6) is 0 Å². The predicted molar refractivity (Wildman–Crippen MR) is 234 cm³/mol. The van der Waals surface area contributed by atoms with Crippen molar-refractivity contribution >= 4 is 39.0 Å². The third kappa shape index (κ3) is 4.69. The largest absolute Gasteiger partial charge is 0.455 e. The second kappa shape index (κ2) is 11.9. The summed E-state index contributed by atoms with van der Waals surface area (Å²) in [7, 11) is 0. The number of fused-ring (bicyclic) bond motifs is 10. The van der Waals surface area contributed by atoms with Gasteiger partial charge >= 0.3 is 0 Å². The Hall–Kier alpha value is -6.64. The smallest absolute Gasteiger partial charge is 0.143 e. The third-order valence-electron chi connectivity index (χ3n) is 12.7. The van der Waals surface area contributed by atoms with Crippen LogP contribution < -0.4 is 4.90 Å². The fraction of sp³-hybridized carbons (Fsp3) is 0.111. The first-order valence-corrected chi connectivity index (χ1v) is 19.7. The fourth-order valence-electron chi connectivity index (χ4n) is 9.78. The summed E-state index contributed by atoms with van der Waals surface area (Å²) in [6.45, 7) is 9.34. The van der Waals surface area contributed by atoms with Crippen LogP contribution in [-0.4, -0.2) is 0 Å². The Bertz CT molecular complexity index is 3000. The predicted octanol–water partition coefficient (Wildman–Crippen LogP) is 15.0. The highest BCUT2D eigenvalue weighted by Crippen LogP contribution is 2.55. The molecule has 0 N–H and O–H groups in total. The van der Waals surface area contributed by atoms with Gasteiger partial charge in [0.15, 0.2) is 0 Å². The molecule has 0 aliphatic heterocycles. The summed E-state index contributed by atoms with van der Waals surface area (Å²) in [5.74, 6) is 0. The summed E-state index contributed by atoms with van der Waals surface area (Å²) in [6, 6.07) is 64.4. The molecule has 0 bridgehead atoms. The zero-order valence-electron chi connectivity index (χ0n) is 32.1. The minimum Gasteiger partial charge on any atom is -0.455 e. The molecule has 0 spiro atoms. The standard InChI is InChI=1S/C54H41NO/c1-53(2)44-17-10-8-15-41(44)50-46(53)19-12-20-48(50)55(38-26-21-35(22-27-38)34-13-6-5-7-14-34)39-28-23-36(24-29-39)37-25-32-49-43(33-37)40-30-31-47-51(52(40)56-49)42-16-9-11-18-45(42)54(47,3)4/h5-33H,1-4H3. The van der Waals surface area contributed by atoms with E-state index in [1.807, 2.05) is 0 Å². The zero-order valence-corrected chi connectivity index (χ0v) is 32.1. The van der Waals surface area contributed by atoms with Crippen LogP contribution in [0.3, 0.4) is 0 Å². The molecule has 1 heterocycles. The lowest BCUT2D eigenvalue weighted by molar-refractivity contribution is 0.653. The molecule has 2 heteroatoms. The van der Waals surface area contributed by atoms with Crippen molar-refractivity contribution in [3.63, 3.8) is 0 Å². The molecule has 0 fully saturated rings. The van der Waals surface area contributed by atoms with Crippen LogP contribution in [0.1, 0.15) is 49.9 Å². The maximum absolute atomic E-state index is 6.69. The molecule has 2 aliphatic carbocycles. The highest BCUT2D eigenvalue weighted by Gasteiger charge is 2.39. The molecule has 268 valence electrons. The summed E-state index contributed by atoms with van der Waals surface area (Å²) >= 11 is 0. The van der Waals surface area contributed by atoms with E-state index in [-0.39, 0.29) is 10.8 Å². The number of furan rings is 1. The highest BCUT2D eigenvalue weighted by molar-refractivity contribution is 6.12. The Morgan fingerprint density at radius 2 is 0.911 bits per heavy atom. The van der Waals surface area contributed by atoms with Crippen molar-refractivity contribution in [3.05, 3.63) is 198 Å². The Balaban J connectivity index is 1.03. The summed E-state index contributed by atoms with van der Waals surface area (Å²) in [5.41, 5.74) is 20.5. The average Bonchev–Trinajstić information content (AvgIpc) is 3.81. The van der Waals surface area contributed by atoms with Crippen LogP contribution >= 0.6 is 0 Å². The first kappa shape index (κ1) is 32.8. The van der Waals surface area contributed by atoms with Gasteiger partial charge in [-0.3, -0.25) is 0 Å². The molecule has 2 nitrogen and oxygen atoms in total. The average molecular weight is 720 g/mol. The highest BCUT2D eigenvalue weighted by atomic mass is 16.3. The maximum atomic E-state index is 6.69. The summed E-state index contributed by atoms with van der Waals surface area (Å²) in [6.07, 6.45) is 0. The van der Waals surface area contributed by atoms with E-state index in [0.29, 0.717) is 0 Å². The lowest BCUT2D eigenvalue weighted by Gasteiger charge is -2.29. The van der Waals surface area contributed by atoms with E-state index < -0.39 is 0 Å². The second-order valence-corrected chi connectivity index (χ2v) is 16.5. The molecule has 2 aliphatic rings. The van der Waals surface area contributed by atoms with Gasteiger partial charge in [-0.05, 0) is 98.1 Å². The number of hydrogen-bond donors (Lipinski definition) is 0. The summed E-state index contributed by atoms with van der Waals surface area (Å²) in [5, 5.41) is 2.31. The van der Waals surface area contributed by atoms with Gasteiger partial charge in [-0.2, -0.15) is 0 Å². The van der Waals surface area contributed by atoms with Crippen molar-refractivity contribution in [1.29, 1.82) is 0 Å². The van der Waals surface area contributed by atoms with Crippen LogP contribution in [-0.2, 0) is 10.8 Å². The van der Waals surface area contributed by atoms with E-state index in [0.717, 1.165) is 33.3 Å². The van der Waals surface area contributed by atoms with Crippen LogP contribution in [0.4, 0.5) is 17.1 Å². The van der Waals surface area contributed by atoms with Crippen LogP contribution in [0.15, 0.2) is 180 Å². The molecular formula is C54H41NO. The van der Waals surface area contributed by atoms with Crippen LogP contribution in [0.25, 0.3) is 66.4 Å². The van der Waals surface area contributed by atoms with E-state index in [2.05, 4.69) is 209 Å². The monoisotopic (exact) mass is 719 g/mol. The maximum Gasteiger partial charge on any atom is 0.143 e. The van der Waals surface area contributed by atoms with E-state index in [1.54, 1.807) is 0 Å². The molecule has 9 aromatic rings. The quantitative estimate of drug-likeness (QED) is 0.176. The normalized spacial score (nSPS) is 14.4. The molecule has 0 unspecified atom stereocenters. The molecule has 0 amide bonds. The van der Waals surface area contributed by atoms with Gasteiger partial charge in [-0.1, -0.05) is 161 Å². The summed E-state index contributed by atoms with van der Waals surface area (Å²) in [4.78, 5) is 2.43. The number of nitrogens with zero attached hydrogens (tertiary/aromatic N) is 1. The van der Waals surface area contributed by atoms with E-state index in [9.17, 15) is 0 Å². The molecular weight excluding hydrogens is 679 g/mol. The van der Waals surface area contributed by atoms with Crippen molar-refractivity contribution in [2.75, 3.05) is 4.90 Å². The van der Waals surface area contributed by atoms with Gasteiger partial charge in [0.05, 0.1) is 5.69 Å². The summed E-state index contributed by atoms with van der Waals surface area (Å²) < 4.78 is 6.69. The molecule has 0 atom stereocenters. The molecule has 11 rings (SSSR count). The zero-order chi connectivity index (χ0) is 37.8. The Morgan fingerprint density at radius 3 is 1.57 bits per heavy atom. The van der Waals surface area contributed by atoms with Gasteiger partial charge in [0, 0.05) is 44.1 Å². The van der Waals surface area contributed by atoms with Gasteiger partial charge in [-0.25, -0.2) is 0 Å². The lowest BCUT2D eigenvalue weighted by Crippen LogP contribution is -2.16. The number of hydrogen-bond acceptors (Lipinski definition) is 2. The first-order chi connectivity index (χ1) is 27.3. The minimum absolute atomic E-state index is 0.0662. The van der Waals surface area contributed by atoms with Gasteiger partial charge in [0.1, 0.15) is 11.2 Å². The molecule has 0 saturated carbocycles. The van der Waals surface area contributed by atoms with Crippen molar-refractivity contribution in [2.45, 2.75) is 38.5 Å². The fourth-order valence-corrected chi connectivity index (χ4v) is 9.78. The van der Waals surface area contributed by atoms with Crippen molar-refractivity contribution < 1.29 is 4.42 Å². The van der Waals surface area contributed by atoms with Crippen molar-refractivity contribution in [2.24, 2.45) is 0 Å². The van der Waals surface area contributed by atoms with Gasteiger partial charge < -0.3 is 9.32 Å². The van der Waals surface area contributed by atoms with E-state index >= 15 is 0 Å². The van der Waals surface area contributed by atoms with Crippen molar-refractivity contribution in [3.8, 4) is 44.5 Å². The van der Waals surface area contributed by atoms with Gasteiger partial charge in [0.2, 0.25) is 0 Å². The molecule has 1 aromatic heterocycles. The van der Waals surface area contributed by atoms with Crippen molar-refractivity contribution in [1.82, 2.24) is 0 Å². The Labute approximate surface area is 328 Å². The van der Waals surface area contributed by atoms with Crippen LogP contribution in [0, 0.1) is 0 Å². The lowest BCUT2D eigenvalue weighted by atomic mass is 9.82. The Kier molecular flexibility index (Phi) is 6.98. The first-order valence-electron chi connectivity index (χ1n) is 19.7. The molecule has 0 saturated heterocycles. The Morgan fingerprint density at radius 1 is 0.393 bits per heavy atom. The van der Waals surface area contributed by atoms with Crippen LogP contribution in [0.2, 0.25) is 0 Å². The number of anilines is 3. The molecule has 56 heavy (non-hydrogen) atoms. The molecule has 0 radical (unpaired) electrons. The SMILES string of the molecule is CC1(C)c2ccccc2-c2c(N(c3ccc(-c4ccccc4)cc3)c3ccc(-c4ccc5oc6c7c(ccc6c5c4)C(C)(C)c4ccccc4-7)cc3)cccc21. The topological polar surface area (TPSA) is 16.4 Å².